The van der Waals surface area contributed by atoms with E-state index < -0.39 is 0 Å². The van der Waals surface area contributed by atoms with E-state index in [0.29, 0.717) is 15.3 Å². The molecule has 1 unspecified atom stereocenters. The first-order valence-electron chi connectivity index (χ1n) is 6.58. The van der Waals surface area contributed by atoms with Crippen molar-refractivity contribution in [2.75, 3.05) is 7.11 Å². The lowest BCUT2D eigenvalue weighted by atomic mass is 10.1. The number of aromatic amines is 1. The van der Waals surface area contributed by atoms with Gasteiger partial charge in [0.25, 0.3) is 5.56 Å². The summed E-state index contributed by atoms with van der Waals surface area (Å²) in [6.07, 6.45) is 2.16. The molecule has 0 aliphatic heterocycles. The molecule has 104 valence electrons. The Morgan fingerprint density at radius 2 is 2.05 bits per heavy atom. The molecule has 1 aromatic heterocycles. The monoisotopic (exact) mass is 382 g/mol. The Kier molecular flexibility index (Phi) is 3.89. The number of nitrogens with zero attached hydrogens (tertiary/aromatic N) is 1. The highest BCUT2D eigenvalue weighted by Gasteiger charge is 2.34. The van der Waals surface area contributed by atoms with Crippen LogP contribution < -0.4 is 5.56 Å². The van der Waals surface area contributed by atoms with E-state index in [-0.39, 0.29) is 11.7 Å². The van der Waals surface area contributed by atoms with E-state index in [0.717, 1.165) is 24.1 Å². The van der Waals surface area contributed by atoms with Crippen LogP contribution in [0.3, 0.4) is 0 Å². The van der Waals surface area contributed by atoms with Crippen molar-refractivity contribution >= 4 is 22.6 Å². The van der Waals surface area contributed by atoms with Crippen LogP contribution >= 0.6 is 22.6 Å². The average Bonchev–Trinajstić information content (AvgIpc) is 3.29. The molecule has 1 heterocycles. The lowest BCUT2D eigenvalue weighted by molar-refractivity contribution is 0.0770. The zero-order valence-electron chi connectivity index (χ0n) is 11.1. The molecule has 0 radical (unpaired) electrons. The van der Waals surface area contributed by atoms with Gasteiger partial charge in [0.15, 0.2) is 0 Å². The fourth-order valence-corrected chi connectivity index (χ4v) is 2.89. The largest absolute Gasteiger partial charge is 0.373 e. The predicted molar refractivity (Wildman–Crippen MR) is 85.5 cm³/mol. The maximum absolute atomic E-state index is 12.1. The zero-order valence-corrected chi connectivity index (χ0v) is 13.3. The molecular formula is C15H15IN2O2. The number of nitrogens with one attached hydrogen (secondary N) is 1. The molecular weight excluding hydrogens is 367 g/mol. The Hall–Kier alpha value is -1.21. The molecule has 1 saturated carbocycles. The van der Waals surface area contributed by atoms with Crippen molar-refractivity contribution in [3.63, 3.8) is 0 Å². The number of benzene rings is 1. The first-order valence-corrected chi connectivity index (χ1v) is 7.66. The second kappa shape index (κ2) is 5.65. The normalized spacial score (nSPS) is 16.1. The molecule has 4 nitrogen and oxygen atoms in total. The first-order chi connectivity index (χ1) is 9.70. The summed E-state index contributed by atoms with van der Waals surface area (Å²) in [7, 11) is 1.67. The predicted octanol–water partition coefficient (Wildman–Crippen LogP) is 3.14. The Morgan fingerprint density at radius 3 is 2.65 bits per heavy atom. The van der Waals surface area contributed by atoms with Crippen LogP contribution in [0.4, 0.5) is 0 Å². The molecule has 0 bridgehead atoms. The lowest BCUT2D eigenvalue weighted by Gasteiger charge is -2.15. The maximum atomic E-state index is 12.1. The van der Waals surface area contributed by atoms with Crippen molar-refractivity contribution < 1.29 is 4.74 Å². The lowest BCUT2D eigenvalue weighted by Crippen LogP contribution is -2.20. The maximum Gasteiger partial charge on any atom is 0.265 e. The van der Waals surface area contributed by atoms with Crippen LogP contribution in [0.5, 0.6) is 0 Å². The van der Waals surface area contributed by atoms with Gasteiger partial charge >= 0.3 is 0 Å². The molecule has 1 fully saturated rings. The van der Waals surface area contributed by atoms with Gasteiger partial charge in [-0.25, -0.2) is 4.98 Å². The van der Waals surface area contributed by atoms with Gasteiger partial charge < -0.3 is 9.72 Å². The van der Waals surface area contributed by atoms with E-state index in [1.54, 1.807) is 7.11 Å². The van der Waals surface area contributed by atoms with Crippen molar-refractivity contribution in [3.05, 3.63) is 50.1 Å². The zero-order chi connectivity index (χ0) is 14.1. The van der Waals surface area contributed by atoms with Crippen LogP contribution in [0.15, 0.2) is 35.1 Å². The van der Waals surface area contributed by atoms with Gasteiger partial charge in [-0.05, 0) is 41.4 Å². The van der Waals surface area contributed by atoms with Crippen LogP contribution in [0, 0.1) is 9.49 Å². The minimum absolute atomic E-state index is 0.0999. The number of hydrogen-bond acceptors (Lipinski definition) is 3. The van der Waals surface area contributed by atoms with Crippen molar-refractivity contribution in [3.8, 4) is 11.3 Å². The SMILES string of the molecule is COC(c1nc(-c2ccccc2)c(I)c(=O)[nH]1)C1CC1. The summed E-state index contributed by atoms with van der Waals surface area (Å²) in [5.74, 6) is 1.12. The topological polar surface area (TPSA) is 55.0 Å². The summed E-state index contributed by atoms with van der Waals surface area (Å²) in [4.78, 5) is 19.6. The van der Waals surface area contributed by atoms with Gasteiger partial charge in [0, 0.05) is 12.7 Å². The Balaban J connectivity index is 2.10. The molecule has 20 heavy (non-hydrogen) atoms. The minimum Gasteiger partial charge on any atom is -0.373 e. The summed E-state index contributed by atoms with van der Waals surface area (Å²) in [6, 6.07) is 9.78. The molecule has 1 N–H and O–H groups in total. The van der Waals surface area contributed by atoms with E-state index in [1.807, 2.05) is 52.9 Å². The first kappa shape index (κ1) is 13.8. The van der Waals surface area contributed by atoms with Crippen molar-refractivity contribution in [1.82, 2.24) is 9.97 Å². The highest BCUT2D eigenvalue weighted by molar-refractivity contribution is 14.1. The molecule has 0 saturated heterocycles. The molecule has 2 aromatic rings. The van der Waals surface area contributed by atoms with Gasteiger partial charge in [-0.1, -0.05) is 30.3 Å². The van der Waals surface area contributed by atoms with Gasteiger partial charge in [-0.15, -0.1) is 0 Å². The third kappa shape index (κ3) is 2.64. The van der Waals surface area contributed by atoms with Gasteiger partial charge in [-0.2, -0.15) is 0 Å². The molecule has 0 amide bonds. The smallest absolute Gasteiger partial charge is 0.265 e. The average molecular weight is 382 g/mol. The summed E-state index contributed by atoms with van der Waals surface area (Å²) in [6.45, 7) is 0. The quantitative estimate of drug-likeness (QED) is 0.827. The van der Waals surface area contributed by atoms with Gasteiger partial charge in [0.05, 0.1) is 5.69 Å². The molecule has 1 aliphatic rings. The number of aromatic nitrogens is 2. The number of hydrogen-bond donors (Lipinski definition) is 1. The Morgan fingerprint density at radius 1 is 1.35 bits per heavy atom. The number of rotatable bonds is 4. The molecule has 3 rings (SSSR count). The van der Waals surface area contributed by atoms with E-state index in [1.165, 1.54) is 0 Å². The highest BCUT2D eigenvalue weighted by atomic mass is 127. The Bertz CT molecular complexity index is 665. The molecule has 0 spiro atoms. The molecule has 1 aliphatic carbocycles. The van der Waals surface area contributed by atoms with E-state index in [9.17, 15) is 4.79 Å². The third-order valence-corrected chi connectivity index (χ3v) is 4.50. The molecule has 1 aromatic carbocycles. The highest BCUT2D eigenvalue weighted by Crippen LogP contribution is 2.42. The van der Waals surface area contributed by atoms with E-state index >= 15 is 0 Å². The fourth-order valence-electron chi connectivity index (χ4n) is 2.32. The second-order valence-corrected chi connectivity index (χ2v) is 6.05. The van der Waals surface area contributed by atoms with Crippen LogP contribution in [0.2, 0.25) is 0 Å². The second-order valence-electron chi connectivity index (χ2n) is 4.97. The number of H-pyrrole nitrogens is 1. The molecule has 5 heteroatoms. The number of ether oxygens (including phenoxy) is 1. The van der Waals surface area contributed by atoms with Crippen LogP contribution in [0.25, 0.3) is 11.3 Å². The fraction of sp³-hybridized carbons (Fsp3) is 0.333. The Labute approximate surface area is 130 Å². The van der Waals surface area contributed by atoms with Crippen molar-refractivity contribution in [1.29, 1.82) is 0 Å². The van der Waals surface area contributed by atoms with Gasteiger partial charge in [0.1, 0.15) is 15.5 Å². The summed E-state index contributed by atoms with van der Waals surface area (Å²) in [5.41, 5.74) is 1.58. The van der Waals surface area contributed by atoms with Crippen LogP contribution in [0.1, 0.15) is 24.8 Å². The van der Waals surface area contributed by atoms with E-state index in [4.69, 9.17) is 4.74 Å². The minimum atomic E-state index is -0.109. The standard InChI is InChI=1S/C15H15IN2O2/c1-20-13(10-7-8-10)14-17-12(11(16)15(19)18-14)9-5-3-2-4-6-9/h2-6,10,13H,7-8H2,1H3,(H,17,18,19). The van der Waals surface area contributed by atoms with Crippen molar-refractivity contribution in [2.24, 2.45) is 5.92 Å². The summed E-state index contributed by atoms with van der Waals surface area (Å²) < 4.78 is 6.13. The molecule has 1 atom stereocenters. The van der Waals surface area contributed by atoms with Crippen LogP contribution in [-0.2, 0) is 4.74 Å². The summed E-state index contributed by atoms with van der Waals surface area (Å²) >= 11 is 2.05. The number of methoxy groups -OCH3 is 1. The van der Waals surface area contributed by atoms with Gasteiger partial charge in [-0.3, -0.25) is 4.79 Å². The summed E-state index contributed by atoms with van der Waals surface area (Å²) in [5, 5.41) is 0. The van der Waals surface area contributed by atoms with E-state index in [2.05, 4.69) is 9.97 Å². The van der Waals surface area contributed by atoms with Gasteiger partial charge in [0.2, 0.25) is 0 Å². The van der Waals surface area contributed by atoms with Crippen molar-refractivity contribution in [2.45, 2.75) is 18.9 Å². The third-order valence-electron chi connectivity index (χ3n) is 3.50. The van der Waals surface area contributed by atoms with Crippen LogP contribution in [-0.4, -0.2) is 17.1 Å². The number of halogens is 1.